The van der Waals surface area contributed by atoms with E-state index >= 15 is 0 Å². The highest BCUT2D eigenvalue weighted by atomic mass is 16.4. The van der Waals surface area contributed by atoms with E-state index in [0.717, 1.165) is 19.3 Å². The molecule has 0 bridgehead atoms. The van der Waals surface area contributed by atoms with Gasteiger partial charge in [0.15, 0.2) is 0 Å². The smallest absolute Gasteiger partial charge is 0.316 e. The Balaban J connectivity index is 2.58. The number of nitrogens with zero attached hydrogens (tertiary/aromatic N) is 1. The summed E-state index contributed by atoms with van der Waals surface area (Å²) < 4.78 is 0. The first-order valence-electron chi connectivity index (χ1n) is 5.66. The van der Waals surface area contributed by atoms with Gasteiger partial charge in [0.2, 0.25) is 0 Å². The molecule has 1 aliphatic rings. The quantitative estimate of drug-likeness (QED) is 0.764. The number of urea groups is 1. The summed E-state index contributed by atoms with van der Waals surface area (Å²) in [5.41, 5.74) is -0.746. The van der Waals surface area contributed by atoms with Crippen molar-refractivity contribution in [3.63, 3.8) is 0 Å². The summed E-state index contributed by atoms with van der Waals surface area (Å²) in [5, 5.41) is 12.0. The van der Waals surface area contributed by atoms with E-state index in [2.05, 4.69) is 5.32 Å². The minimum absolute atomic E-state index is 0.230. The number of amides is 2. The molecule has 0 aliphatic heterocycles. The van der Waals surface area contributed by atoms with Crippen LogP contribution < -0.4 is 5.32 Å². The average molecular weight is 228 g/mol. The van der Waals surface area contributed by atoms with Crippen LogP contribution in [0.4, 0.5) is 4.79 Å². The molecule has 0 heterocycles. The standard InChI is InChI=1S/C11H20N2O3/c1-13(2)10(16)12-8-11(9(14)15)6-4-3-5-7-11/h3-8H2,1-2H3,(H,12,16)(H,14,15). The Morgan fingerprint density at radius 3 is 2.25 bits per heavy atom. The molecule has 1 aliphatic carbocycles. The molecule has 1 fully saturated rings. The first kappa shape index (κ1) is 12.8. The molecule has 2 N–H and O–H groups in total. The second kappa shape index (κ2) is 5.18. The van der Waals surface area contributed by atoms with Gasteiger partial charge < -0.3 is 15.3 Å². The molecule has 16 heavy (non-hydrogen) atoms. The summed E-state index contributed by atoms with van der Waals surface area (Å²) in [6.45, 7) is 0.235. The lowest BCUT2D eigenvalue weighted by molar-refractivity contribution is -0.150. The van der Waals surface area contributed by atoms with Crippen molar-refractivity contribution in [2.45, 2.75) is 32.1 Å². The van der Waals surface area contributed by atoms with Crippen LogP contribution in [0.3, 0.4) is 0 Å². The molecular weight excluding hydrogens is 208 g/mol. The van der Waals surface area contributed by atoms with E-state index in [1.54, 1.807) is 14.1 Å². The van der Waals surface area contributed by atoms with Crippen molar-refractivity contribution in [2.75, 3.05) is 20.6 Å². The zero-order valence-electron chi connectivity index (χ0n) is 9.95. The van der Waals surface area contributed by atoms with Crippen LogP contribution in [0.5, 0.6) is 0 Å². The highest BCUT2D eigenvalue weighted by Gasteiger charge is 2.39. The Morgan fingerprint density at radius 1 is 1.25 bits per heavy atom. The van der Waals surface area contributed by atoms with Gasteiger partial charge in [0.25, 0.3) is 0 Å². The Hall–Kier alpha value is -1.26. The fraction of sp³-hybridized carbons (Fsp3) is 0.818. The van der Waals surface area contributed by atoms with Crippen LogP contribution in [-0.4, -0.2) is 42.6 Å². The van der Waals surface area contributed by atoms with Crippen molar-refractivity contribution < 1.29 is 14.7 Å². The molecule has 0 atom stereocenters. The number of carbonyl (C=O) groups is 2. The molecule has 1 saturated carbocycles. The minimum Gasteiger partial charge on any atom is -0.481 e. The third kappa shape index (κ3) is 2.87. The maximum Gasteiger partial charge on any atom is 0.316 e. The van der Waals surface area contributed by atoms with Crippen molar-refractivity contribution in [1.82, 2.24) is 10.2 Å². The molecule has 2 amide bonds. The number of rotatable bonds is 3. The van der Waals surface area contributed by atoms with E-state index in [1.807, 2.05) is 0 Å². The normalized spacial score (nSPS) is 18.9. The average Bonchev–Trinajstić information content (AvgIpc) is 2.26. The monoisotopic (exact) mass is 228 g/mol. The van der Waals surface area contributed by atoms with Gasteiger partial charge in [-0.1, -0.05) is 19.3 Å². The lowest BCUT2D eigenvalue weighted by atomic mass is 9.74. The number of hydrogen-bond donors (Lipinski definition) is 2. The summed E-state index contributed by atoms with van der Waals surface area (Å²) in [5.74, 6) is -0.786. The lowest BCUT2D eigenvalue weighted by Crippen LogP contribution is -2.46. The maximum absolute atomic E-state index is 11.4. The maximum atomic E-state index is 11.4. The third-order valence-corrected chi connectivity index (χ3v) is 3.25. The molecule has 5 nitrogen and oxygen atoms in total. The second-order valence-electron chi connectivity index (χ2n) is 4.70. The summed E-state index contributed by atoms with van der Waals surface area (Å²) in [6.07, 6.45) is 4.29. The number of carboxylic acid groups (broad SMARTS) is 1. The molecule has 1 rings (SSSR count). The molecule has 0 saturated heterocycles. The fourth-order valence-electron chi connectivity index (χ4n) is 2.10. The second-order valence-corrected chi connectivity index (χ2v) is 4.70. The molecule has 0 aromatic carbocycles. The lowest BCUT2D eigenvalue weighted by Gasteiger charge is -2.33. The highest BCUT2D eigenvalue weighted by Crippen LogP contribution is 2.35. The van der Waals surface area contributed by atoms with Crippen LogP contribution >= 0.6 is 0 Å². The topological polar surface area (TPSA) is 69.6 Å². The molecular formula is C11H20N2O3. The molecule has 0 aromatic heterocycles. The Bertz CT molecular complexity index is 270. The van der Waals surface area contributed by atoms with E-state index in [-0.39, 0.29) is 12.6 Å². The fourth-order valence-corrected chi connectivity index (χ4v) is 2.10. The largest absolute Gasteiger partial charge is 0.481 e. The highest BCUT2D eigenvalue weighted by molar-refractivity contribution is 5.78. The summed E-state index contributed by atoms with van der Waals surface area (Å²) in [4.78, 5) is 24.1. The van der Waals surface area contributed by atoms with E-state index < -0.39 is 11.4 Å². The molecule has 0 unspecified atom stereocenters. The van der Waals surface area contributed by atoms with Gasteiger partial charge in [0.1, 0.15) is 0 Å². The number of aliphatic carboxylic acids is 1. The summed E-state index contributed by atoms with van der Waals surface area (Å²) in [6, 6.07) is -0.230. The van der Waals surface area contributed by atoms with Crippen LogP contribution in [0.1, 0.15) is 32.1 Å². The van der Waals surface area contributed by atoms with Crippen LogP contribution in [0.2, 0.25) is 0 Å². The van der Waals surface area contributed by atoms with Gasteiger partial charge in [0, 0.05) is 20.6 Å². The number of nitrogens with one attached hydrogen (secondary N) is 1. The molecule has 92 valence electrons. The van der Waals surface area contributed by atoms with Crippen molar-refractivity contribution in [1.29, 1.82) is 0 Å². The van der Waals surface area contributed by atoms with Crippen molar-refractivity contribution in [3.8, 4) is 0 Å². The Labute approximate surface area is 95.8 Å². The third-order valence-electron chi connectivity index (χ3n) is 3.25. The van der Waals surface area contributed by atoms with Gasteiger partial charge >= 0.3 is 12.0 Å². The summed E-state index contributed by atoms with van der Waals surface area (Å²) >= 11 is 0. The number of hydrogen-bond acceptors (Lipinski definition) is 2. The van der Waals surface area contributed by atoms with Gasteiger partial charge in [0.05, 0.1) is 5.41 Å². The predicted molar refractivity (Wildman–Crippen MR) is 60.2 cm³/mol. The molecule has 0 radical (unpaired) electrons. The number of carbonyl (C=O) groups excluding carboxylic acids is 1. The van der Waals surface area contributed by atoms with Gasteiger partial charge in [-0.25, -0.2) is 4.79 Å². The summed E-state index contributed by atoms with van der Waals surface area (Å²) in [7, 11) is 3.29. The first-order valence-corrected chi connectivity index (χ1v) is 5.66. The SMILES string of the molecule is CN(C)C(=O)NCC1(C(=O)O)CCCCC1. The van der Waals surface area contributed by atoms with Crippen LogP contribution in [-0.2, 0) is 4.79 Å². The zero-order chi connectivity index (χ0) is 12.2. The first-order chi connectivity index (χ1) is 7.48. The van der Waals surface area contributed by atoms with E-state index in [9.17, 15) is 14.7 Å². The molecule has 0 aromatic rings. The minimum atomic E-state index is -0.786. The van der Waals surface area contributed by atoms with Crippen LogP contribution in [0.15, 0.2) is 0 Å². The molecule has 0 spiro atoms. The molecule has 5 heteroatoms. The van der Waals surface area contributed by atoms with Gasteiger partial charge in [-0.15, -0.1) is 0 Å². The van der Waals surface area contributed by atoms with Gasteiger partial charge in [-0.2, -0.15) is 0 Å². The van der Waals surface area contributed by atoms with E-state index in [4.69, 9.17) is 0 Å². The van der Waals surface area contributed by atoms with Crippen molar-refractivity contribution in [2.24, 2.45) is 5.41 Å². The zero-order valence-corrected chi connectivity index (χ0v) is 9.95. The van der Waals surface area contributed by atoms with Gasteiger partial charge in [-0.3, -0.25) is 4.79 Å². The van der Waals surface area contributed by atoms with E-state index in [1.165, 1.54) is 4.90 Å². The van der Waals surface area contributed by atoms with E-state index in [0.29, 0.717) is 12.8 Å². The van der Waals surface area contributed by atoms with Crippen LogP contribution in [0, 0.1) is 5.41 Å². The van der Waals surface area contributed by atoms with Crippen molar-refractivity contribution in [3.05, 3.63) is 0 Å². The van der Waals surface area contributed by atoms with Crippen LogP contribution in [0.25, 0.3) is 0 Å². The van der Waals surface area contributed by atoms with Crippen molar-refractivity contribution >= 4 is 12.0 Å². The number of carboxylic acids is 1. The Kier molecular flexibility index (Phi) is 4.15. The van der Waals surface area contributed by atoms with Gasteiger partial charge in [-0.05, 0) is 12.8 Å². The Morgan fingerprint density at radius 2 is 1.81 bits per heavy atom. The predicted octanol–water partition coefficient (Wildman–Crippen LogP) is 1.29.